The van der Waals surface area contributed by atoms with Gasteiger partial charge in [0.25, 0.3) is 0 Å². The van der Waals surface area contributed by atoms with E-state index in [4.69, 9.17) is 0 Å². The molecule has 0 aromatic heterocycles. The summed E-state index contributed by atoms with van der Waals surface area (Å²) < 4.78 is 1.41. The van der Waals surface area contributed by atoms with Crippen LogP contribution in [0.4, 0.5) is 0 Å². The van der Waals surface area contributed by atoms with Crippen molar-refractivity contribution in [2.75, 3.05) is 0 Å². The van der Waals surface area contributed by atoms with Gasteiger partial charge in [-0.1, -0.05) is 0 Å². The monoisotopic (exact) mass is 256 g/mol. The molecule has 0 aliphatic heterocycles. The maximum atomic E-state index is 2.36. The summed E-state index contributed by atoms with van der Waals surface area (Å²) in [6.07, 6.45) is 0. The van der Waals surface area contributed by atoms with Gasteiger partial charge in [-0.15, -0.1) is 0 Å². The minimum absolute atomic E-state index is 0.484. The normalized spacial score (nSPS) is 14.1. The summed E-state index contributed by atoms with van der Waals surface area (Å²) in [4.78, 5) is 0. The van der Waals surface area contributed by atoms with Gasteiger partial charge in [0.15, 0.2) is 0 Å². The maximum absolute atomic E-state index is 2.36. The van der Waals surface area contributed by atoms with Crippen molar-refractivity contribution < 1.29 is 0 Å². The van der Waals surface area contributed by atoms with E-state index in [1.807, 2.05) is 0 Å². The van der Waals surface area contributed by atoms with Gasteiger partial charge in [0.2, 0.25) is 0 Å². The molecule has 0 heterocycles. The molecule has 0 saturated carbocycles. The van der Waals surface area contributed by atoms with Gasteiger partial charge >= 0.3 is 86.8 Å². The van der Waals surface area contributed by atoms with Crippen molar-refractivity contribution in [3.63, 3.8) is 0 Å². The number of hydrogen-bond acceptors (Lipinski definition) is 0. The third-order valence-corrected chi connectivity index (χ3v) is 3.67. The molecule has 0 amide bonds. The molecular formula is C10H21In. The van der Waals surface area contributed by atoms with E-state index in [0.717, 1.165) is 5.92 Å². The van der Waals surface area contributed by atoms with Crippen molar-refractivity contribution in [2.45, 2.75) is 45.7 Å². The predicted octanol–water partition coefficient (Wildman–Crippen LogP) is 3.28. The zero-order valence-electron chi connectivity index (χ0n) is 8.86. The molecule has 64 valence electrons. The zero-order chi connectivity index (χ0) is 9.28. The SMILES string of the molecule is CC(C)(C)C([CH2][In])C(C)(C)C. The second kappa shape index (κ2) is 3.72. The van der Waals surface area contributed by atoms with Crippen molar-refractivity contribution in [2.24, 2.45) is 16.7 Å². The Labute approximate surface area is 86.7 Å². The Morgan fingerprint density at radius 2 is 1.18 bits per heavy atom. The Morgan fingerprint density at radius 1 is 0.909 bits per heavy atom. The molecule has 0 aliphatic rings. The van der Waals surface area contributed by atoms with E-state index in [1.54, 1.807) is 0 Å². The number of rotatable bonds is 1. The molecule has 0 unspecified atom stereocenters. The average Bonchev–Trinajstić information content (AvgIpc) is 1.56. The van der Waals surface area contributed by atoms with Gasteiger partial charge in [0.1, 0.15) is 0 Å². The minimum atomic E-state index is 0.484. The average molecular weight is 256 g/mol. The molecule has 11 heavy (non-hydrogen) atoms. The van der Waals surface area contributed by atoms with Crippen LogP contribution < -0.4 is 0 Å². The van der Waals surface area contributed by atoms with Crippen molar-refractivity contribution in [1.29, 1.82) is 0 Å². The van der Waals surface area contributed by atoms with Crippen molar-refractivity contribution in [3.05, 3.63) is 0 Å². The van der Waals surface area contributed by atoms with Crippen LogP contribution in [0.25, 0.3) is 0 Å². The first-order valence-electron chi connectivity index (χ1n) is 4.39. The molecular weight excluding hydrogens is 235 g/mol. The second-order valence-electron chi connectivity index (χ2n) is 5.52. The predicted molar refractivity (Wildman–Crippen MR) is 53.0 cm³/mol. The molecule has 2 radical (unpaired) electrons. The van der Waals surface area contributed by atoms with Gasteiger partial charge < -0.3 is 0 Å². The summed E-state index contributed by atoms with van der Waals surface area (Å²) in [5.74, 6) is 0.873. The zero-order valence-corrected chi connectivity index (χ0v) is 12.2. The van der Waals surface area contributed by atoms with Gasteiger partial charge in [0.05, 0.1) is 0 Å². The molecule has 0 N–H and O–H groups in total. The molecule has 0 bridgehead atoms. The van der Waals surface area contributed by atoms with E-state index in [-0.39, 0.29) is 0 Å². The van der Waals surface area contributed by atoms with Crippen molar-refractivity contribution in [1.82, 2.24) is 0 Å². The van der Waals surface area contributed by atoms with E-state index in [1.165, 1.54) is 28.6 Å². The third kappa shape index (κ3) is 3.87. The quantitative estimate of drug-likeness (QED) is 0.675. The number of hydrogen-bond donors (Lipinski definition) is 0. The van der Waals surface area contributed by atoms with E-state index in [2.05, 4.69) is 41.5 Å². The fourth-order valence-electron chi connectivity index (χ4n) is 2.01. The van der Waals surface area contributed by atoms with Gasteiger partial charge in [-0.2, -0.15) is 0 Å². The Hall–Kier alpha value is 0.870. The van der Waals surface area contributed by atoms with Crippen LogP contribution in [-0.4, -0.2) is 24.4 Å². The first-order valence-corrected chi connectivity index (χ1v) is 6.72. The summed E-state index contributed by atoms with van der Waals surface area (Å²) in [6.45, 7) is 14.2. The molecule has 0 spiro atoms. The van der Waals surface area contributed by atoms with Crippen molar-refractivity contribution in [3.8, 4) is 0 Å². The standard InChI is InChI=1S/C10H21.In/c1-8(9(2,3)4)10(5,6)7;/h8H,1H2,2-7H3;. The topological polar surface area (TPSA) is 0 Å². The molecule has 0 aromatic carbocycles. The Bertz CT molecular complexity index is 99.8. The van der Waals surface area contributed by atoms with E-state index < -0.39 is 0 Å². The first kappa shape index (κ1) is 11.9. The second-order valence-corrected chi connectivity index (χ2v) is 6.87. The molecule has 0 atom stereocenters. The van der Waals surface area contributed by atoms with Crippen LogP contribution in [0.5, 0.6) is 0 Å². The Kier molecular flexibility index (Phi) is 4.02. The summed E-state index contributed by atoms with van der Waals surface area (Å²) in [5, 5.41) is 0. The molecule has 0 nitrogen and oxygen atoms in total. The molecule has 0 aliphatic carbocycles. The molecule has 0 rings (SSSR count). The van der Waals surface area contributed by atoms with Crippen LogP contribution in [0.3, 0.4) is 0 Å². The Morgan fingerprint density at radius 3 is 1.18 bits per heavy atom. The summed E-state index contributed by atoms with van der Waals surface area (Å²) in [5.41, 5.74) is 0.968. The van der Waals surface area contributed by atoms with Crippen LogP contribution in [0.15, 0.2) is 0 Å². The Balaban J connectivity index is 4.43. The summed E-state index contributed by atoms with van der Waals surface area (Å²) in [7, 11) is 0. The van der Waals surface area contributed by atoms with Gasteiger partial charge in [-0.25, -0.2) is 0 Å². The van der Waals surface area contributed by atoms with Crippen LogP contribution >= 0.6 is 0 Å². The van der Waals surface area contributed by atoms with E-state index >= 15 is 0 Å². The fraction of sp³-hybridized carbons (Fsp3) is 1.00. The van der Waals surface area contributed by atoms with Crippen LogP contribution in [0.2, 0.25) is 4.18 Å². The molecule has 1 heteroatoms. The summed E-state index contributed by atoms with van der Waals surface area (Å²) >= 11 is 1.40. The van der Waals surface area contributed by atoms with Crippen LogP contribution in [-0.2, 0) is 0 Å². The third-order valence-electron chi connectivity index (χ3n) is 2.33. The fourth-order valence-corrected chi connectivity index (χ4v) is 6.04. The van der Waals surface area contributed by atoms with E-state index in [0.29, 0.717) is 10.8 Å². The first-order chi connectivity index (χ1) is 4.69. The summed E-state index contributed by atoms with van der Waals surface area (Å²) in [6, 6.07) is 0. The van der Waals surface area contributed by atoms with Gasteiger partial charge in [-0.3, -0.25) is 0 Å². The molecule has 0 fully saturated rings. The van der Waals surface area contributed by atoms with Gasteiger partial charge in [-0.05, 0) is 0 Å². The van der Waals surface area contributed by atoms with Crippen molar-refractivity contribution >= 4 is 24.4 Å². The molecule has 0 aromatic rings. The van der Waals surface area contributed by atoms with E-state index in [9.17, 15) is 0 Å². The van der Waals surface area contributed by atoms with Gasteiger partial charge in [0, 0.05) is 0 Å². The van der Waals surface area contributed by atoms with Crippen LogP contribution in [0.1, 0.15) is 41.5 Å². The van der Waals surface area contributed by atoms with Crippen LogP contribution in [0, 0.1) is 16.7 Å². The molecule has 0 saturated heterocycles.